The van der Waals surface area contributed by atoms with Gasteiger partial charge in [-0.1, -0.05) is 12.1 Å². The third-order valence-corrected chi connectivity index (χ3v) is 4.79. The molecular formula is C14H20N2S. The Morgan fingerprint density at radius 2 is 1.82 bits per heavy atom. The fourth-order valence-electron chi connectivity index (χ4n) is 2.41. The molecule has 0 aromatic heterocycles. The van der Waals surface area contributed by atoms with E-state index >= 15 is 0 Å². The first-order valence-electron chi connectivity index (χ1n) is 6.59. The lowest BCUT2D eigenvalue weighted by Gasteiger charge is -2.26. The summed E-state index contributed by atoms with van der Waals surface area (Å²) >= 11 is 2.01. The minimum Gasteiger partial charge on any atom is -0.314 e. The van der Waals surface area contributed by atoms with Gasteiger partial charge in [0.1, 0.15) is 0 Å². The highest BCUT2D eigenvalue weighted by atomic mass is 32.2. The van der Waals surface area contributed by atoms with E-state index in [1.807, 2.05) is 11.8 Å². The second kappa shape index (κ2) is 5.42. The van der Waals surface area contributed by atoms with E-state index in [2.05, 4.69) is 34.5 Å². The monoisotopic (exact) mass is 248 g/mol. The average Bonchev–Trinajstić information content (AvgIpc) is 2.78. The van der Waals surface area contributed by atoms with Gasteiger partial charge >= 0.3 is 0 Å². The second-order valence-electron chi connectivity index (χ2n) is 5.03. The molecule has 2 fully saturated rings. The molecule has 3 heteroatoms. The van der Waals surface area contributed by atoms with Crippen LogP contribution in [0.5, 0.6) is 0 Å². The first kappa shape index (κ1) is 11.6. The van der Waals surface area contributed by atoms with Crippen molar-refractivity contribution >= 4 is 11.8 Å². The minimum atomic E-state index is 0.791. The number of thioether (sulfide) groups is 1. The molecule has 2 aliphatic heterocycles. The number of likely N-dealkylation sites (tertiary alicyclic amines) is 1. The van der Waals surface area contributed by atoms with Crippen LogP contribution in [0.4, 0.5) is 0 Å². The SMILES string of the molecule is c1cc(SC2CNC2)ccc1CN1CCCC1. The molecule has 3 rings (SSSR count). The largest absolute Gasteiger partial charge is 0.314 e. The number of hydrogen-bond donors (Lipinski definition) is 1. The first-order chi connectivity index (χ1) is 8.40. The molecule has 1 N–H and O–H groups in total. The van der Waals surface area contributed by atoms with Crippen LogP contribution in [0.15, 0.2) is 29.2 Å². The minimum absolute atomic E-state index is 0.791. The Morgan fingerprint density at radius 3 is 2.41 bits per heavy atom. The van der Waals surface area contributed by atoms with Crippen molar-refractivity contribution in [1.82, 2.24) is 10.2 Å². The summed E-state index contributed by atoms with van der Waals surface area (Å²) in [6, 6.07) is 9.17. The smallest absolute Gasteiger partial charge is 0.0344 e. The molecule has 0 bridgehead atoms. The van der Waals surface area contributed by atoms with Crippen LogP contribution in [-0.2, 0) is 6.54 Å². The molecule has 0 atom stereocenters. The van der Waals surface area contributed by atoms with Gasteiger partial charge < -0.3 is 5.32 Å². The number of nitrogens with one attached hydrogen (secondary N) is 1. The maximum Gasteiger partial charge on any atom is 0.0344 e. The molecule has 2 nitrogen and oxygen atoms in total. The van der Waals surface area contributed by atoms with Crippen molar-refractivity contribution in [2.24, 2.45) is 0 Å². The molecule has 0 unspecified atom stereocenters. The summed E-state index contributed by atoms with van der Waals surface area (Å²) < 4.78 is 0. The van der Waals surface area contributed by atoms with Gasteiger partial charge in [-0.2, -0.15) is 0 Å². The molecule has 2 heterocycles. The highest BCUT2D eigenvalue weighted by Crippen LogP contribution is 2.26. The Bertz CT molecular complexity index is 353. The zero-order valence-electron chi connectivity index (χ0n) is 10.2. The Balaban J connectivity index is 1.55. The van der Waals surface area contributed by atoms with E-state index < -0.39 is 0 Å². The Labute approximate surface area is 108 Å². The van der Waals surface area contributed by atoms with Gasteiger partial charge in [-0.25, -0.2) is 0 Å². The lowest BCUT2D eigenvalue weighted by molar-refractivity contribution is 0.331. The maximum absolute atomic E-state index is 3.31. The topological polar surface area (TPSA) is 15.3 Å². The van der Waals surface area contributed by atoms with Gasteiger partial charge in [0.05, 0.1) is 0 Å². The molecule has 1 aromatic rings. The fourth-order valence-corrected chi connectivity index (χ4v) is 3.49. The van der Waals surface area contributed by atoms with Gasteiger partial charge in [0.2, 0.25) is 0 Å². The highest BCUT2D eigenvalue weighted by Gasteiger charge is 2.17. The lowest BCUT2D eigenvalue weighted by atomic mass is 10.2. The summed E-state index contributed by atoms with van der Waals surface area (Å²) in [6.45, 7) is 6.03. The normalized spacial score (nSPS) is 21.6. The molecule has 17 heavy (non-hydrogen) atoms. The molecule has 2 aliphatic rings. The third kappa shape index (κ3) is 3.03. The van der Waals surface area contributed by atoms with E-state index in [4.69, 9.17) is 0 Å². The summed E-state index contributed by atoms with van der Waals surface area (Å²) in [7, 11) is 0. The van der Waals surface area contributed by atoms with Crippen LogP contribution in [0.2, 0.25) is 0 Å². The van der Waals surface area contributed by atoms with Crippen molar-refractivity contribution in [2.75, 3.05) is 26.2 Å². The number of benzene rings is 1. The fraction of sp³-hybridized carbons (Fsp3) is 0.571. The Kier molecular flexibility index (Phi) is 3.69. The van der Waals surface area contributed by atoms with Crippen molar-refractivity contribution in [3.05, 3.63) is 29.8 Å². The van der Waals surface area contributed by atoms with E-state index in [0.717, 1.165) is 11.8 Å². The lowest BCUT2D eigenvalue weighted by Crippen LogP contribution is -2.44. The van der Waals surface area contributed by atoms with Gasteiger partial charge in [0.25, 0.3) is 0 Å². The average molecular weight is 248 g/mol. The van der Waals surface area contributed by atoms with Crippen LogP contribution in [0, 0.1) is 0 Å². The van der Waals surface area contributed by atoms with E-state index in [0.29, 0.717) is 0 Å². The highest BCUT2D eigenvalue weighted by molar-refractivity contribution is 8.00. The van der Waals surface area contributed by atoms with Crippen LogP contribution < -0.4 is 5.32 Å². The van der Waals surface area contributed by atoms with Crippen LogP contribution >= 0.6 is 11.8 Å². The second-order valence-corrected chi connectivity index (χ2v) is 6.40. The van der Waals surface area contributed by atoms with E-state index in [1.165, 1.54) is 49.5 Å². The summed E-state index contributed by atoms with van der Waals surface area (Å²) in [5, 5.41) is 4.10. The van der Waals surface area contributed by atoms with Gasteiger partial charge in [0.15, 0.2) is 0 Å². The predicted molar refractivity (Wildman–Crippen MR) is 73.5 cm³/mol. The zero-order chi connectivity index (χ0) is 11.5. The van der Waals surface area contributed by atoms with Gasteiger partial charge in [0, 0.05) is 29.8 Å². The van der Waals surface area contributed by atoms with Crippen molar-refractivity contribution in [3.8, 4) is 0 Å². The third-order valence-electron chi connectivity index (χ3n) is 3.57. The van der Waals surface area contributed by atoms with Gasteiger partial charge in [-0.05, 0) is 43.6 Å². The summed E-state index contributed by atoms with van der Waals surface area (Å²) in [5.74, 6) is 0. The summed E-state index contributed by atoms with van der Waals surface area (Å²) in [6.07, 6.45) is 2.76. The molecular weight excluding hydrogens is 228 g/mol. The van der Waals surface area contributed by atoms with Crippen LogP contribution in [0.3, 0.4) is 0 Å². The summed E-state index contributed by atoms with van der Waals surface area (Å²) in [5.41, 5.74) is 1.46. The molecule has 0 saturated carbocycles. The molecule has 0 radical (unpaired) electrons. The predicted octanol–water partition coefficient (Wildman–Crippen LogP) is 2.35. The molecule has 1 aromatic carbocycles. The van der Waals surface area contributed by atoms with Crippen LogP contribution in [0.1, 0.15) is 18.4 Å². The molecule has 0 amide bonds. The van der Waals surface area contributed by atoms with Crippen LogP contribution in [-0.4, -0.2) is 36.3 Å². The van der Waals surface area contributed by atoms with E-state index in [1.54, 1.807) is 0 Å². The van der Waals surface area contributed by atoms with Gasteiger partial charge in [-0.3, -0.25) is 4.90 Å². The first-order valence-corrected chi connectivity index (χ1v) is 7.47. The Morgan fingerprint density at radius 1 is 1.12 bits per heavy atom. The van der Waals surface area contributed by atoms with Crippen LogP contribution in [0.25, 0.3) is 0 Å². The number of nitrogens with zero attached hydrogens (tertiary/aromatic N) is 1. The van der Waals surface area contributed by atoms with Gasteiger partial charge in [-0.15, -0.1) is 11.8 Å². The van der Waals surface area contributed by atoms with Crippen molar-refractivity contribution < 1.29 is 0 Å². The molecule has 92 valence electrons. The molecule has 0 aliphatic carbocycles. The van der Waals surface area contributed by atoms with Crippen molar-refractivity contribution in [2.45, 2.75) is 29.5 Å². The molecule has 0 spiro atoms. The molecule has 2 saturated heterocycles. The van der Waals surface area contributed by atoms with E-state index in [-0.39, 0.29) is 0 Å². The maximum atomic E-state index is 3.31. The summed E-state index contributed by atoms with van der Waals surface area (Å²) in [4.78, 5) is 3.97. The Hall–Kier alpha value is -0.510. The number of rotatable bonds is 4. The number of hydrogen-bond acceptors (Lipinski definition) is 3. The van der Waals surface area contributed by atoms with Crippen molar-refractivity contribution in [1.29, 1.82) is 0 Å². The standard InChI is InChI=1S/C14H20N2S/c1-2-8-16(7-1)11-12-3-5-13(6-4-12)17-14-9-15-10-14/h3-6,14-15H,1-2,7-11H2. The van der Waals surface area contributed by atoms with Crippen molar-refractivity contribution in [3.63, 3.8) is 0 Å². The quantitative estimate of drug-likeness (QED) is 0.880. The zero-order valence-corrected chi connectivity index (χ0v) is 11.0. The van der Waals surface area contributed by atoms with E-state index in [9.17, 15) is 0 Å².